The van der Waals surface area contributed by atoms with Gasteiger partial charge in [-0.1, -0.05) is 195 Å². The van der Waals surface area contributed by atoms with Crippen molar-refractivity contribution in [1.29, 1.82) is 0 Å². The summed E-state index contributed by atoms with van der Waals surface area (Å²) >= 11 is 0. The largest absolute Gasteiger partial charge is 0.748 e. The molecule has 0 aromatic carbocycles. The molecule has 0 saturated heterocycles. The first-order valence-electron chi connectivity index (χ1n) is 39.1. The van der Waals surface area contributed by atoms with Crippen LogP contribution in [0.2, 0.25) is 0 Å². The minimum absolute atomic E-state index is 0.145. The monoisotopic (exact) mass is 1400 g/mol. The van der Waals surface area contributed by atoms with Gasteiger partial charge in [0.15, 0.2) is 0 Å². The minimum atomic E-state index is -4.33. The Morgan fingerprint density at radius 3 is 0.866 bits per heavy atom. The summed E-state index contributed by atoms with van der Waals surface area (Å²) in [5.41, 5.74) is 0. The second-order valence-electron chi connectivity index (χ2n) is 28.7. The maximum atomic E-state index is 13.9. The zero-order valence-electron chi connectivity index (χ0n) is 64.2. The molecule has 5 unspecified atom stereocenters. The van der Waals surface area contributed by atoms with Crippen molar-refractivity contribution in [2.45, 2.75) is 337 Å². The second-order valence-corrected chi connectivity index (χ2v) is 30.2. The summed E-state index contributed by atoms with van der Waals surface area (Å²) in [7, 11) is -0.442. The Bertz CT molecular complexity index is 1930. The number of quaternary nitrogens is 1. The fourth-order valence-electron chi connectivity index (χ4n) is 12.9. The van der Waals surface area contributed by atoms with E-state index in [2.05, 4.69) is 59.5 Å². The van der Waals surface area contributed by atoms with Crippen LogP contribution in [0.5, 0.6) is 0 Å². The summed E-state index contributed by atoms with van der Waals surface area (Å²) in [5, 5.41) is 3.09. The maximum absolute atomic E-state index is 13.9. The van der Waals surface area contributed by atoms with Crippen LogP contribution >= 0.6 is 0 Å². The van der Waals surface area contributed by atoms with Crippen LogP contribution in [-0.4, -0.2) is 221 Å². The Balaban J connectivity index is 7.97. The van der Waals surface area contributed by atoms with Gasteiger partial charge in [-0.05, 0) is 64.2 Å². The molecule has 0 spiro atoms. The molecule has 21 heteroatoms. The zero-order valence-corrected chi connectivity index (χ0v) is 65.0. The smallest absolute Gasteiger partial charge is 0.302 e. The number of carbonyl (C=O) groups excluding carboxylic acids is 6. The van der Waals surface area contributed by atoms with Crippen molar-refractivity contribution in [3.63, 3.8) is 0 Å². The van der Waals surface area contributed by atoms with E-state index in [0.717, 1.165) is 135 Å². The third-order valence-electron chi connectivity index (χ3n) is 18.4. The van der Waals surface area contributed by atoms with Gasteiger partial charge in [-0.3, -0.25) is 48.4 Å². The van der Waals surface area contributed by atoms with Gasteiger partial charge in [0.1, 0.15) is 30.5 Å². The third-order valence-corrected chi connectivity index (χ3v) is 19.2. The lowest BCUT2D eigenvalue weighted by Crippen LogP contribution is -2.49. The van der Waals surface area contributed by atoms with E-state index < -0.39 is 22.0 Å². The van der Waals surface area contributed by atoms with Crippen LogP contribution < -0.4 is 5.32 Å². The number of carbonyl (C=O) groups is 6. The molecule has 0 radical (unpaired) electrons. The van der Waals surface area contributed by atoms with E-state index in [1.54, 1.807) is 0 Å². The predicted molar refractivity (Wildman–Crippen MR) is 392 cm³/mol. The van der Waals surface area contributed by atoms with E-state index in [9.17, 15) is 41.7 Å². The van der Waals surface area contributed by atoms with E-state index in [4.69, 9.17) is 23.7 Å². The highest BCUT2D eigenvalue weighted by atomic mass is 32.2. The first-order chi connectivity index (χ1) is 46.3. The van der Waals surface area contributed by atoms with Crippen LogP contribution in [0.25, 0.3) is 0 Å². The van der Waals surface area contributed by atoms with Gasteiger partial charge in [-0.25, -0.2) is 8.42 Å². The molecule has 0 aliphatic heterocycles. The first kappa shape index (κ1) is 93.5. The number of hydrogen-bond acceptors (Lipinski definition) is 18. The van der Waals surface area contributed by atoms with E-state index in [1.165, 1.54) is 92.4 Å². The topological polar surface area (TPSA) is 231 Å². The molecule has 1 N–H and O–H groups in total. The summed E-state index contributed by atoms with van der Waals surface area (Å²) < 4.78 is 65.2. The molecule has 1 amide bonds. The number of amides is 1. The fourth-order valence-corrected chi connectivity index (χ4v) is 13.4. The van der Waals surface area contributed by atoms with E-state index in [0.29, 0.717) is 135 Å². The van der Waals surface area contributed by atoms with Crippen LogP contribution in [0.3, 0.4) is 0 Å². The fraction of sp³-hybridized carbons (Fsp3) is 0.921. The molecule has 572 valence electrons. The highest BCUT2D eigenvalue weighted by molar-refractivity contribution is 7.85. The number of unbranched alkanes of at least 4 members (excludes halogenated alkanes) is 25. The van der Waals surface area contributed by atoms with E-state index in [-0.39, 0.29) is 73.0 Å². The lowest BCUT2D eigenvalue weighted by Gasteiger charge is -2.35. The Morgan fingerprint density at radius 2 is 0.598 bits per heavy atom. The highest BCUT2D eigenvalue weighted by Crippen LogP contribution is 2.20. The number of esters is 5. The van der Waals surface area contributed by atoms with Crippen molar-refractivity contribution in [3.8, 4) is 0 Å². The van der Waals surface area contributed by atoms with Gasteiger partial charge in [-0.2, -0.15) is 0 Å². The molecule has 0 aliphatic carbocycles. The summed E-state index contributed by atoms with van der Waals surface area (Å²) in [4.78, 5) is 87.7. The molecule has 0 aliphatic rings. The van der Waals surface area contributed by atoms with Crippen LogP contribution in [0.15, 0.2) is 0 Å². The lowest BCUT2D eigenvalue weighted by molar-refractivity contribution is -0.889. The number of hydrogen-bond donors (Lipinski definition) is 1. The van der Waals surface area contributed by atoms with Crippen molar-refractivity contribution in [3.05, 3.63) is 0 Å². The number of nitrogens with one attached hydrogen (secondary N) is 1. The Kier molecular flexibility index (Phi) is 59.0. The summed E-state index contributed by atoms with van der Waals surface area (Å²) in [6.45, 7) is 25.6. The summed E-state index contributed by atoms with van der Waals surface area (Å²) in [6, 6.07) is 0. The highest BCUT2D eigenvalue weighted by Gasteiger charge is 2.27. The normalized spacial score (nSPS) is 13.6. The van der Waals surface area contributed by atoms with Gasteiger partial charge in [0.2, 0.25) is 5.91 Å². The Labute approximate surface area is 593 Å². The van der Waals surface area contributed by atoms with Crippen molar-refractivity contribution in [1.82, 2.24) is 24.9 Å². The standard InChI is InChI=1S/C76H148N6O14S/c1-13-18-23-28-33-38-44-71(92-66(6)83)61-79(51-49-76(88)77-50-59-82(11,12)58-43-60-97(89,90)91)55-52-78(53-56-80(62-72(93-67(7)84)45-39-34-29-24-19-14-2)63-73(94-68(8)85)46-40-35-30-25-20-15-3)54-57-81(64-74(95-69(9)86)47-41-36-31-26-21-16-4)65-75(96-70(10)87)48-42-37-32-27-22-17-5/h71-75H,13-65H2,1-12H3,(H-,77,88,89,90,91). The van der Waals surface area contributed by atoms with Gasteiger partial charge in [-0.15, -0.1) is 0 Å². The quantitative estimate of drug-likeness (QED) is 0.0196. The lowest BCUT2D eigenvalue weighted by atomic mass is 10.0. The van der Waals surface area contributed by atoms with Crippen molar-refractivity contribution >= 4 is 45.9 Å². The molecule has 0 aromatic rings. The van der Waals surface area contributed by atoms with Gasteiger partial charge >= 0.3 is 29.8 Å². The SMILES string of the molecule is CCCCCCCCC(CN(CCC(=O)NCC[N+](C)(C)CCCS(=O)(=O)[O-])CCN(CCN(CC(CCCCCCCC)OC(C)=O)CC(CCCCCCCC)OC(C)=O)CCN(CC(CCCCCCCC)OC(C)=O)CC(CCCCCCCC)OC(C)=O)OC(C)=O. The van der Waals surface area contributed by atoms with Crippen molar-refractivity contribution < 1.29 is 69.9 Å². The maximum Gasteiger partial charge on any atom is 0.302 e. The Hall–Kier alpha value is -3.47. The Morgan fingerprint density at radius 1 is 0.351 bits per heavy atom. The number of likely N-dealkylation sites (N-methyl/N-ethyl adjacent to an activating group) is 1. The molecule has 20 nitrogen and oxygen atoms in total. The minimum Gasteiger partial charge on any atom is -0.748 e. The predicted octanol–water partition coefficient (Wildman–Crippen LogP) is 14.1. The van der Waals surface area contributed by atoms with Crippen molar-refractivity contribution in [2.24, 2.45) is 0 Å². The van der Waals surface area contributed by atoms with Gasteiger partial charge in [0.25, 0.3) is 0 Å². The zero-order chi connectivity index (χ0) is 72.4. The molecular formula is C76H148N6O14S. The van der Waals surface area contributed by atoms with E-state index in [1.807, 2.05) is 14.1 Å². The molecule has 5 atom stereocenters. The molecular weight excluding hydrogens is 1250 g/mol. The number of ether oxygens (including phenoxy) is 5. The van der Waals surface area contributed by atoms with Gasteiger partial charge < -0.3 is 38.0 Å². The summed E-state index contributed by atoms with van der Waals surface area (Å²) in [5.74, 6) is -2.27. The molecule has 0 saturated carbocycles. The average molecular weight is 1400 g/mol. The summed E-state index contributed by atoms with van der Waals surface area (Å²) in [6.07, 6.45) is 34.8. The van der Waals surface area contributed by atoms with Crippen LogP contribution in [-0.2, 0) is 62.6 Å². The molecule has 0 rings (SSSR count). The molecule has 0 heterocycles. The molecule has 0 aromatic heterocycles. The van der Waals surface area contributed by atoms with Crippen molar-refractivity contribution in [2.75, 3.05) is 118 Å². The second kappa shape index (κ2) is 61.2. The average Bonchev–Trinajstić information content (AvgIpc) is 1.12. The van der Waals surface area contributed by atoms with E-state index >= 15 is 0 Å². The van der Waals surface area contributed by atoms with Gasteiger partial charge in [0, 0.05) is 132 Å². The van der Waals surface area contributed by atoms with Crippen LogP contribution in [0, 0.1) is 0 Å². The third kappa shape index (κ3) is 61.0. The molecule has 0 bridgehead atoms. The first-order valence-corrected chi connectivity index (χ1v) is 40.7. The molecule has 0 fully saturated rings. The molecule has 97 heavy (non-hydrogen) atoms. The number of rotatable bonds is 69. The van der Waals surface area contributed by atoms with Gasteiger partial charge in [0.05, 0.1) is 43.8 Å². The van der Waals surface area contributed by atoms with Crippen LogP contribution in [0.1, 0.15) is 307 Å². The van der Waals surface area contributed by atoms with Crippen LogP contribution in [0.4, 0.5) is 0 Å². The number of nitrogens with zero attached hydrogens (tertiary/aromatic N) is 5.